The Kier molecular flexibility index (Phi) is 3.36. The van der Waals surface area contributed by atoms with E-state index in [0.29, 0.717) is 12.2 Å². The molecule has 0 N–H and O–H groups in total. The highest BCUT2D eigenvalue weighted by Crippen LogP contribution is 2.54. The molecule has 94 valence electrons. The maximum Gasteiger partial charge on any atom is 0.195 e. The molecular formula is C12H15BrO4. The van der Waals surface area contributed by atoms with Crippen molar-refractivity contribution in [3.63, 3.8) is 0 Å². The van der Waals surface area contributed by atoms with Gasteiger partial charge in [-0.1, -0.05) is 5.73 Å². The van der Waals surface area contributed by atoms with E-state index in [9.17, 15) is 0 Å². The van der Waals surface area contributed by atoms with Crippen LogP contribution in [-0.4, -0.2) is 34.2 Å². The molecule has 0 aliphatic heterocycles. The molecule has 0 unspecified atom stereocenters. The Labute approximate surface area is 109 Å². The number of halogens is 1. The Balaban J connectivity index is 2.51. The van der Waals surface area contributed by atoms with E-state index in [1.807, 2.05) is 0 Å². The van der Waals surface area contributed by atoms with Crippen molar-refractivity contribution in [2.45, 2.75) is 12.2 Å². The van der Waals surface area contributed by atoms with E-state index in [4.69, 9.17) is 18.9 Å². The number of hydrogen-bond acceptors (Lipinski definition) is 4. The van der Waals surface area contributed by atoms with Gasteiger partial charge in [0.2, 0.25) is 0 Å². The molecule has 2 rings (SSSR count). The minimum absolute atomic E-state index is 0.121. The van der Waals surface area contributed by atoms with E-state index in [1.165, 1.54) is 0 Å². The molecule has 2 aliphatic carbocycles. The van der Waals surface area contributed by atoms with Gasteiger partial charge in [0.15, 0.2) is 5.79 Å². The lowest BCUT2D eigenvalue weighted by Crippen LogP contribution is -2.52. The Bertz CT molecular complexity index is 428. The van der Waals surface area contributed by atoms with E-state index in [2.05, 4.69) is 21.7 Å². The molecule has 0 aromatic rings. The fourth-order valence-corrected chi connectivity index (χ4v) is 2.97. The van der Waals surface area contributed by atoms with Crippen molar-refractivity contribution in [3.05, 3.63) is 27.3 Å². The molecule has 0 aromatic carbocycles. The number of fused-ring (bicyclic) bond motifs is 1. The van der Waals surface area contributed by atoms with Crippen LogP contribution < -0.4 is 0 Å². The third-order valence-electron chi connectivity index (χ3n) is 3.31. The van der Waals surface area contributed by atoms with Crippen LogP contribution >= 0.6 is 15.9 Å². The van der Waals surface area contributed by atoms with Gasteiger partial charge in [0, 0.05) is 26.2 Å². The maximum atomic E-state index is 5.47. The number of rotatable bonds is 4. The second-order valence-electron chi connectivity index (χ2n) is 3.87. The molecule has 0 amide bonds. The van der Waals surface area contributed by atoms with Gasteiger partial charge in [0.1, 0.15) is 16.0 Å². The molecule has 1 saturated carbocycles. The molecule has 1 atom stereocenters. The fourth-order valence-electron chi connectivity index (χ4n) is 2.40. The van der Waals surface area contributed by atoms with Gasteiger partial charge in [-0.25, -0.2) is 0 Å². The highest BCUT2D eigenvalue weighted by Gasteiger charge is 2.56. The highest BCUT2D eigenvalue weighted by molar-refractivity contribution is 9.11. The van der Waals surface area contributed by atoms with Crippen LogP contribution in [0.4, 0.5) is 0 Å². The Morgan fingerprint density at radius 1 is 1.18 bits per heavy atom. The molecule has 0 heterocycles. The first-order chi connectivity index (χ1) is 8.13. The Morgan fingerprint density at radius 2 is 1.82 bits per heavy atom. The van der Waals surface area contributed by atoms with Crippen molar-refractivity contribution < 1.29 is 18.9 Å². The molecular weight excluding hydrogens is 288 g/mol. The molecule has 0 bridgehead atoms. The molecule has 17 heavy (non-hydrogen) atoms. The molecule has 5 heteroatoms. The lowest BCUT2D eigenvalue weighted by atomic mass is 9.70. The van der Waals surface area contributed by atoms with E-state index in [-0.39, 0.29) is 5.92 Å². The monoisotopic (exact) mass is 302 g/mol. The summed E-state index contributed by atoms with van der Waals surface area (Å²) in [5, 5.41) is 0. The summed E-state index contributed by atoms with van der Waals surface area (Å²) in [6.45, 7) is 0. The maximum absolute atomic E-state index is 5.47. The van der Waals surface area contributed by atoms with Crippen LogP contribution in [0, 0.1) is 5.92 Å². The lowest BCUT2D eigenvalue weighted by molar-refractivity contribution is -0.226. The number of hydrogen-bond donors (Lipinski definition) is 0. The molecule has 0 spiro atoms. The van der Waals surface area contributed by atoms with Crippen molar-refractivity contribution >= 4 is 15.9 Å². The molecule has 1 fully saturated rings. The predicted octanol–water partition coefficient (Wildman–Crippen LogP) is 2.32. The van der Waals surface area contributed by atoms with Crippen molar-refractivity contribution in [1.29, 1.82) is 0 Å². The Morgan fingerprint density at radius 3 is 2.29 bits per heavy atom. The largest absolute Gasteiger partial charge is 0.495 e. The quantitative estimate of drug-likeness (QED) is 0.590. The average molecular weight is 303 g/mol. The summed E-state index contributed by atoms with van der Waals surface area (Å²) in [4.78, 5) is 0. The molecule has 4 nitrogen and oxygen atoms in total. The SMILES string of the molecule is COC1=C=C(Br)C(OC)=C2[C@H]1CC2(OC)OC. The third kappa shape index (κ3) is 1.66. The summed E-state index contributed by atoms with van der Waals surface area (Å²) < 4.78 is 22.4. The summed E-state index contributed by atoms with van der Waals surface area (Å²) >= 11 is 3.42. The van der Waals surface area contributed by atoms with Gasteiger partial charge < -0.3 is 18.9 Å². The van der Waals surface area contributed by atoms with Crippen LogP contribution in [0.15, 0.2) is 27.3 Å². The van der Waals surface area contributed by atoms with Gasteiger partial charge in [0.25, 0.3) is 0 Å². The predicted molar refractivity (Wildman–Crippen MR) is 65.4 cm³/mol. The van der Waals surface area contributed by atoms with Crippen LogP contribution in [0.2, 0.25) is 0 Å². The minimum atomic E-state index is -0.707. The Hall–Kier alpha value is -0.740. The average Bonchev–Trinajstić information content (AvgIpc) is 2.33. The highest BCUT2D eigenvalue weighted by atomic mass is 79.9. The number of methoxy groups -OCH3 is 4. The normalized spacial score (nSPS) is 25.6. The van der Waals surface area contributed by atoms with E-state index in [0.717, 1.165) is 15.8 Å². The lowest BCUT2D eigenvalue weighted by Gasteiger charge is -2.49. The van der Waals surface area contributed by atoms with Crippen molar-refractivity contribution in [1.82, 2.24) is 0 Å². The minimum Gasteiger partial charge on any atom is -0.495 e. The zero-order chi connectivity index (χ0) is 12.6. The van der Waals surface area contributed by atoms with Crippen molar-refractivity contribution in [2.75, 3.05) is 28.4 Å². The van der Waals surface area contributed by atoms with Gasteiger partial charge in [-0.15, -0.1) is 0 Å². The first kappa shape index (κ1) is 12.7. The molecule has 0 radical (unpaired) electrons. The first-order valence-corrected chi connectivity index (χ1v) is 6.02. The summed E-state index contributed by atoms with van der Waals surface area (Å²) in [6.07, 6.45) is 0.707. The van der Waals surface area contributed by atoms with Gasteiger partial charge in [-0.2, -0.15) is 0 Å². The zero-order valence-corrected chi connectivity index (χ0v) is 11.9. The summed E-state index contributed by atoms with van der Waals surface area (Å²) in [6, 6.07) is 0. The van der Waals surface area contributed by atoms with Crippen LogP contribution in [0.1, 0.15) is 6.42 Å². The number of ether oxygens (including phenoxy) is 4. The van der Waals surface area contributed by atoms with E-state index < -0.39 is 5.79 Å². The second kappa shape index (κ2) is 4.50. The summed E-state index contributed by atoms with van der Waals surface area (Å²) in [5.41, 5.74) is 4.07. The third-order valence-corrected chi connectivity index (χ3v) is 3.87. The zero-order valence-electron chi connectivity index (χ0n) is 10.3. The van der Waals surface area contributed by atoms with E-state index >= 15 is 0 Å². The van der Waals surface area contributed by atoms with Gasteiger partial charge >= 0.3 is 0 Å². The van der Waals surface area contributed by atoms with Crippen LogP contribution in [0.25, 0.3) is 0 Å². The van der Waals surface area contributed by atoms with Crippen LogP contribution in [0.3, 0.4) is 0 Å². The molecule has 2 aliphatic rings. The second-order valence-corrected chi connectivity index (χ2v) is 4.67. The van der Waals surface area contributed by atoms with Gasteiger partial charge in [0.05, 0.1) is 20.1 Å². The smallest absolute Gasteiger partial charge is 0.195 e. The van der Waals surface area contributed by atoms with Crippen LogP contribution in [-0.2, 0) is 18.9 Å². The van der Waals surface area contributed by atoms with E-state index in [1.54, 1.807) is 28.4 Å². The molecule has 0 aromatic heterocycles. The molecule has 0 saturated heterocycles. The number of allylic oxidation sites excluding steroid dienone is 1. The van der Waals surface area contributed by atoms with Crippen molar-refractivity contribution in [2.24, 2.45) is 5.92 Å². The fraction of sp³-hybridized carbons (Fsp3) is 0.583. The first-order valence-electron chi connectivity index (χ1n) is 5.23. The topological polar surface area (TPSA) is 36.9 Å². The standard InChI is InChI=1S/C12H15BrO4/c1-14-9-5-8(13)11(15-2)10-7(9)6-12(10,16-3)17-4/h7H,6H2,1-4H3/t7-/m0/s1. The van der Waals surface area contributed by atoms with Crippen molar-refractivity contribution in [3.8, 4) is 0 Å². The summed E-state index contributed by atoms with van der Waals surface area (Å²) in [5.74, 6) is 0.903. The van der Waals surface area contributed by atoms with Crippen LogP contribution in [0.5, 0.6) is 0 Å². The van der Waals surface area contributed by atoms with Gasteiger partial charge in [-0.3, -0.25) is 0 Å². The van der Waals surface area contributed by atoms with Gasteiger partial charge in [-0.05, 0) is 15.9 Å². The summed E-state index contributed by atoms with van der Waals surface area (Å²) in [7, 11) is 6.51.